The monoisotopic (exact) mass is 250 g/mol. The van der Waals surface area contributed by atoms with E-state index in [1.165, 1.54) is 6.92 Å². The van der Waals surface area contributed by atoms with Crippen LogP contribution in [0.5, 0.6) is 0 Å². The maximum atomic E-state index is 13.0. The molecule has 0 saturated carbocycles. The van der Waals surface area contributed by atoms with Gasteiger partial charge in [-0.05, 0) is 36.0 Å². The Morgan fingerprint density at radius 1 is 1.00 bits per heavy atom. The van der Waals surface area contributed by atoms with Gasteiger partial charge in [0.15, 0.2) is 0 Å². The van der Waals surface area contributed by atoms with Crippen LogP contribution < -0.4 is 0 Å². The van der Waals surface area contributed by atoms with Crippen molar-refractivity contribution in [3.05, 3.63) is 28.8 Å². The molecule has 92 valence electrons. The third-order valence-electron chi connectivity index (χ3n) is 2.64. The Hall–Kier alpha value is -0.640. The molecular formula is C12H17F3S. The molecule has 0 aromatic heterocycles. The zero-order valence-electron chi connectivity index (χ0n) is 10.2. The van der Waals surface area contributed by atoms with Gasteiger partial charge in [0.25, 0.3) is 0 Å². The first-order valence-electron chi connectivity index (χ1n) is 5.08. The van der Waals surface area contributed by atoms with E-state index >= 15 is 0 Å². The summed E-state index contributed by atoms with van der Waals surface area (Å²) in [4.78, 5) is -0.403. The predicted molar refractivity (Wildman–Crippen MR) is 63.8 cm³/mol. The summed E-state index contributed by atoms with van der Waals surface area (Å²) in [7, 11) is 0. The Morgan fingerprint density at radius 2 is 1.50 bits per heavy atom. The second-order valence-corrected chi connectivity index (χ2v) is 6.26. The van der Waals surface area contributed by atoms with Crippen LogP contribution in [0.2, 0.25) is 0 Å². The molecule has 0 aliphatic carbocycles. The van der Waals surface area contributed by atoms with Crippen LogP contribution in [0.25, 0.3) is 0 Å². The molecule has 0 unspecified atom stereocenters. The average molecular weight is 250 g/mol. The van der Waals surface area contributed by atoms with Crippen molar-refractivity contribution in [1.29, 1.82) is 0 Å². The van der Waals surface area contributed by atoms with Crippen molar-refractivity contribution >= 4 is 11.2 Å². The Morgan fingerprint density at radius 3 is 1.88 bits per heavy atom. The fourth-order valence-electron chi connectivity index (χ4n) is 2.00. The van der Waals surface area contributed by atoms with Gasteiger partial charge in [0.05, 0.1) is 4.90 Å². The Balaban J connectivity index is 3.52. The summed E-state index contributed by atoms with van der Waals surface area (Å²) in [5.74, 6) is 0. The number of hydrogen-bond donors (Lipinski definition) is 0. The van der Waals surface area contributed by atoms with Crippen LogP contribution in [0.1, 0.15) is 37.5 Å². The molecule has 0 saturated heterocycles. The van der Waals surface area contributed by atoms with Crippen molar-refractivity contribution in [2.45, 2.75) is 44.9 Å². The van der Waals surface area contributed by atoms with Crippen molar-refractivity contribution in [1.82, 2.24) is 0 Å². The third-order valence-corrected chi connectivity index (χ3v) is 3.73. The first kappa shape index (κ1) is 13.4. The fourth-order valence-corrected chi connectivity index (χ4v) is 2.89. The number of benzene rings is 1. The van der Waals surface area contributed by atoms with Crippen LogP contribution in [0.4, 0.5) is 11.7 Å². The molecule has 0 bridgehead atoms. The number of rotatable bonds is 1. The van der Waals surface area contributed by atoms with Gasteiger partial charge in [-0.25, -0.2) is 0 Å². The molecule has 4 heteroatoms. The van der Waals surface area contributed by atoms with Crippen LogP contribution in [0, 0.1) is 13.8 Å². The number of halogens is 3. The van der Waals surface area contributed by atoms with Crippen molar-refractivity contribution in [2.24, 2.45) is 0 Å². The van der Waals surface area contributed by atoms with Gasteiger partial charge in [-0.3, -0.25) is 0 Å². The maximum Gasteiger partial charge on any atom is 0.238 e. The van der Waals surface area contributed by atoms with Crippen molar-refractivity contribution in [3.8, 4) is 0 Å². The molecule has 1 rings (SSSR count). The first-order valence-corrected chi connectivity index (χ1v) is 6.41. The summed E-state index contributed by atoms with van der Waals surface area (Å²) in [5.41, 5.74) is 1.23. The highest BCUT2D eigenvalue weighted by atomic mass is 32.3. The Kier molecular flexibility index (Phi) is 3.34. The molecule has 0 amide bonds. The quantitative estimate of drug-likeness (QED) is 0.624. The zero-order valence-corrected chi connectivity index (χ0v) is 11.0. The summed E-state index contributed by atoms with van der Waals surface area (Å²) in [6.07, 6.45) is 0. The second-order valence-electron chi connectivity index (χ2n) is 5.04. The van der Waals surface area contributed by atoms with Crippen molar-refractivity contribution in [2.75, 3.05) is 0 Å². The van der Waals surface area contributed by atoms with E-state index in [0.717, 1.165) is 5.56 Å². The van der Waals surface area contributed by atoms with E-state index in [1.807, 2.05) is 20.8 Å². The highest BCUT2D eigenvalue weighted by Crippen LogP contribution is 2.63. The minimum absolute atomic E-state index is 0.253. The lowest BCUT2D eigenvalue weighted by Gasteiger charge is -2.26. The molecule has 0 atom stereocenters. The van der Waals surface area contributed by atoms with Gasteiger partial charge in [-0.1, -0.05) is 32.9 Å². The number of aryl methyl sites for hydroxylation is 1. The normalized spacial score (nSPS) is 14.0. The van der Waals surface area contributed by atoms with Gasteiger partial charge in [0, 0.05) is 0 Å². The van der Waals surface area contributed by atoms with Crippen LogP contribution in [0.15, 0.2) is 17.0 Å². The molecule has 1 aromatic carbocycles. The second kappa shape index (κ2) is 3.99. The van der Waals surface area contributed by atoms with E-state index in [4.69, 9.17) is 0 Å². The van der Waals surface area contributed by atoms with Crippen LogP contribution >= 0.6 is 11.2 Å². The van der Waals surface area contributed by atoms with Gasteiger partial charge in [-0.2, -0.15) is 0 Å². The Labute approximate surface area is 97.1 Å². The van der Waals surface area contributed by atoms with E-state index in [9.17, 15) is 11.7 Å². The molecule has 0 fully saturated rings. The lowest BCUT2D eigenvalue weighted by atomic mass is 9.83. The molecule has 1 aromatic rings. The third kappa shape index (κ3) is 2.54. The van der Waals surface area contributed by atoms with E-state index in [1.54, 1.807) is 19.1 Å². The molecule has 0 aliphatic rings. The van der Waals surface area contributed by atoms with E-state index < -0.39 is 16.1 Å². The summed E-state index contributed by atoms with van der Waals surface area (Å²) in [6, 6.07) is 3.38. The molecule has 16 heavy (non-hydrogen) atoms. The molecule has 0 aliphatic heterocycles. The smallest absolute Gasteiger partial charge is 0.120 e. The minimum atomic E-state index is -5.15. The van der Waals surface area contributed by atoms with E-state index in [2.05, 4.69) is 0 Å². The van der Waals surface area contributed by atoms with Crippen LogP contribution in [0.3, 0.4) is 0 Å². The van der Waals surface area contributed by atoms with E-state index in [0.29, 0.717) is 11.1 Å². The Bertz CT molecular complexity index is 400. The topological polar surface area (TPSA) is 0 Å². The predicted octanol–water partition coefficient (Wildman–Crippen LogP) is 5.42. The zero-order chi connectivity index (χ0) is 12.7. The molecule has 0 spiro atoms. The maximum absolute atomic E-state index is 13.0. The molecule has 0 N–H and O–H groups in total. The van der Waals surface area contributed by atoms with E-state index in [-0.39, 0.29) is 5.41 Å². The lowest BCUT2D eigenvalue weighted by molar-refractivity contribution is 0.579. The number of hydrogen-bond acceptors (Lipinski definition) is 0. The van der Waals surface area contributed by atoms with Crippen molar-refractivity contribution in [3.63, 3.8) is 0 Å². The average Bonchev–Trinajstić information content (AvgIpc) is 1.97. The SMILES string of the molecule is Cc1ccc(C(C)(C)C)c(C)c1S(F)(F)F. The first-order chi connectivity index (χ1) is 7.05. The largest absolute Gasteiger partial charge is 0.238 e. The summed E-state index contributed by atoms with van der Waals surface area (Å²) >= 11 is -5.15. The standard InChI is InChI=1S/C12H17F3S/c1-8-6-7-10(12(3,4)5)9(2)11(8)16(13,14)15/h6-7H,1-5H3. The van der Waals surface area contributed by atoms with Gasteiger partial charge < -0.3 is 0 Å². The van der Waals surface area contributed by atoms with Gasteiger partial charge >= 0.3 is 0 Å². The molecular weight excluding hydrogens is 233 g/mol. The molecule has 0 nitrogen and oxygen atoms in total. The van der Waals surface area contributed by atoms with Gasteiger partial charge in [-0.15, -0.1) is 11.7 Å². The van der Waals surface area contributed by atoms with Gasteiger partial charge in [0.1, 0.15) is 0 Å². The summed E-state index contributed by atoms with van der Waals surface area (Å²) in [6.45, 7) is 8.89. The van der Waals surface area contributed by atoms with Crippen molar-refractivity contribution < 1.29 is 11.7 Å². The van der Waals surface area contributed by atoms with Gasteiger partial charge in [0.2, 0.25) is 11.2 Å². The molecule has 0 heterocycles. The minimum Gasteiger partial charge on any atom is -0.120 e. The molecule has 0 radical (unpaired) electrons. The summed E-state index contributed by atoms with van der Waals surface area (Å²) < 4.78 is 38.9. The van der Waals surface area contributed by atoms with Crippen LogP contribution in [-0.2, 0) is 5.41 Å². The highest BCUT2D eigenvalue weighted by molar-refractivity contribution is 8.21. The van der Waals surface area contributed by atoms with Crippen LogP contribution in [-0.4, -0.2) is 0 Å². The summed E-state index contributed by atoms with van der Waals surface area (Å²) in [5, 5.41) is 0. The highest BCUT2D eigenvalue weighted by Gasteiger charge is 2.31. The lowest BCUT2D eigenvalue weighted by Crippen LogP contribution is -2.14. The fraction of sp³-hybridized carbons (Fsp3) is 0.500.